The molecule has 1 saturated carbocycles. The Bertz CT molecular complexity index is 986. The van der Waals surface area contributed by atoms with Crippen LogP contribution in [0.1, 0.15) is 60.5 Å². The standard InChI is InChI=1S/C24H23Cl2NO3/c1-16(24(29)30)27(21-5-3-2-4-6-21)23(28)19-11-14-22(26)18(15-19)10-7-17-8-12-20(25)13-9-17/h8-9,11-16,21H,2-6H2,1H3,(H,29,30). The number of aliphatic carboxylic acids is 1. The van der Waals surface area contributed by atoms with Gasteiger partial charge in [0.25, 0.3) is 5.91 Å². The van der Waals surface area contributed by atoms with Gasteiger partial charge in [0.2, 0.25) is 0 Å². The molecule has 4 nitrogen and oxygen atoms in total. The van der Waals surface area contributed by atoms with Crippen molar-refractivity contribution in [3.63, 3.8) is 0 Å². The molecule has 0 saturated heterocycles. The van der Waals surface area contributed by atoms with Gasteiger partial charge in [-0.1, -0.05) is 54.3 Å². The summed E-state index contributed by atoms with van der Waals surface area (Å²) in [6, 6.07) is 11.0. The van der Waals surface area contributed by atoms with Crippen molar-refractivity contribution >= 4 is 35.1 Å². The highest BCUT2D eigenvalue weighted by Gasteiger charge is 2.33. The fourth-order valence-corrected chi connectivity index (χ4v) is 4.00. The summed E-state index contributed by atoms with van der Waals surface area (Å²) in [7, 11) is 0. The third kappa shape index (κ3) is 5.36. The third-order valence-electron chi connectivity index (χ3n) is 5.38. The second kappa shape index (κ2) is 10.0. The average molecular weight is 444 g/mol. The highest BCUT2D eigenvalue weighted by molar-refractivity contribution is 6.32. The van der Waals surface area contributed by atoms with Gasteiger partial charge in [0, 0.05) is 27.8 Å². The van der Waals surface area contributed by atoms with Crippen LogP contribution in [0.2, 0.25) is 10.0 Å². The molecule has 1 N–H and O–H groups in total. The summed E-state index contributed by atoms with van der Waals surface area (Å²) in [4.78, 5) is 26.5. The zero-order valence-corrected chi connectivity index (χ0v) is 18.2. The molecule has 1 aliphatic rings. The Labute approximate surface area is 186 Å². The zero-order chi connectivity index (χ0) is 21.7. The summed E-state index contributed by atoms with van der Waals surface area (Å²) in [5.74, 6) is 4.71. The van der Waals surface area contributed by atoms with Crippen molar-refractivity contribution in [2.75, 3.05) is 0 Å². The summed E-state index contributed by atoms with van der Waals surface area (Å²) in [5.41, 5.74) is 1.68. The summed E-state index contributed by atoms with van der Waals surface area (Å²) >= 11 is 12.2. The van der Waals surface area contributed by atoms with Gasteiger partial charge in [-0.05, 0) is 62.2 Å². The van der Waals surface area contributed by atoms with E-state index in [1.165, 1.54) is 4.90 Å². The van der Waals surface area contributed by atoms with Crippen molar-refractivity contribution in [2.24, 2.45) is 0 Å². The van der Waals surface area contributed by atoms with E-state index in [0.29, 0.717) is 21.2 Å². The second-order valence-corrected chi connectivity index (χ2v) is 8.31. The molecule has 1 aliphatic carbocycles. The summed E-state index contributed by atoms with van der Waals surface area (Å²) in [6.07, 6.45) is 4.75. The molecule has 0 heterocycles. The first-order chi connectivity index (χ1) is 14.4. The Kier molecular flexibility index (Phi) is 7.42. The van der Waals surface area contributed by atoms with E-state index in [4.69, 9.17) is 23.2 Å². The topological polar surface area (TPSA) is 57.6 Å². The van der Waals surface area contributed by atoms with Crippen LogP contribution in [0.3, 0.4) is 0 Å². The van der Waals surface area contributed by atoms with Gasteiger partial charge in [-0.3, -0.25) is 4.79 Å². The van der Waals surface area contributed by atoms with E-state index in [0.717, 1.165) is 37.7 Å². The van der Waals surface area contributed by atoms with Crippen LogP contribution < -0.4 is 0 Å². The van der Waals surface area contributed by atoms with E-state index >= 15 is 0 Å². The van der Waals surface area contributed by atoms with Crippen LogP contribution in [0.15, 0.2) is 42.5 Å². The van der Waals surface area contributed by atoms with Crippen molar-refractivity contribution in [1.29, 1.82) is 0 Å². The Morgan fingerprint density at radius 2 is 1.70 bits per heavy atom. The van der Waals surface area contributed by atoms with E-state index in [1.54, 1.807) is 49.4 Å². The van der Waals surface area contributed by atoms with Crippen molar-refractivity contribution in [3.05, 3.63) is 69.2 Å². The van der Waals surface area contributed by atoms with Gasteiger partial charge in [-0.25, -0.2) is 4.79 Å². The van der Waals surface area contributed by atoms with E-state index in [2.05, 4.69) is 11.8 Å². The molecule has 30 heavy (non-hydrogen) atoms. The van der Waals surface area contributed by atoms with Crippen molar-refractivity contribution in [1.82, 2.24) is 4.90 Å². The fourth-order valence-electron chi connectivity index (χ4n) is 3.71. The Morgan fingerprint density at radius 1 is 1.03 bits per heavy atom. The van der Waals surface area contributed by atoms with Crippen molar-refractivity contribution in [3.8, 4) is 11.8 Å². The van der Waals surface area contributed by atoms with Gasteiger partial charge in [-0.2, -0.15) is 0 Å². The number of hydrogen-bond acceptors (Lipinski definition) is 2. The molecule has 0 aliphatic heterocycles. The molecule has 156 valence electrons. The average Bonchev–Trinajstić information content (AvgIpc) is 2.75. The molecule has 3 rings (SSSR count). The first-order valence-corrected chi connectivity index (χ1v) is 10.7. The maximum atomic E-state index is 13.3. The minimum atomic E-state index is -1.01. The SMILES string of the molecule is CC(C(=O)O)N(C(=O)c1ccc(Cl)c(C#Cc2ccc(Cl)cc2)c1)C1CCCCC1. The molecule has 1 unspecified atom stereocenters. The molecular weight excluding hydrogens is 421 g/mol. The van der Waals surface area contributed by atoms with Crippen molar-refractivity contribution in [2.45, 2.75) is 51.1 Å². The van der Waals surface area contributed by atoms with Crippen LogP contribution in [0, 0.1) is 11.8 Å². The van der Waals surface area contributed by atoms with Gasteiger partial charge in [0.05, 0.1) is 5.02 Å². The first-order valence-electron chi connectivity index (χ1n) is 9.99. The number of halogens is 2. The minimum absolute atomic E-state index is 0.0726. The zero-order valence-electron chi connectivity index (χ0n) is 16.7. The molecule has 2 aromatic carbocycles. The van der Waals surface area contributed by atoms with Crippen LogP contribution in [0.25, 0.3) is 0 Å². The van der Waals surface area contributed by atoms with Crippen LogP contribution in [-0.2, 0) is 4.79 Å². The third-order valence-corrected chi connectivity index (χ3v) is 5.96. The molecule has 1 atom stereocenters. The predicted octanol–water partition coefficient (Wildman–Crippen LogP) is 5.64. The summed E-state index contributed by atoms with van der Waals surface area (Å²) < 4.78 is 0. The molecule has 1 fully saturated rings. The molecule has 0 radical (unpaired) electrons. The molecule has 0 aromatic heterocycles. The van der Waals surface area contributed by atoms with Gasteiger partial charge in [0.1, 0.15) is 6.04 Å². The largest absolute Gasteiger partial charge is 0.480 e. The monoisotopic (exact) mass is 443 g/mol. The Hall–Kier alpha value is -2.48. The quantitative estimate of drug-likeness (QED) is 0.621. The van der Waals surface area contributed by atoms with E-state index < -0.39 is 12.0 Å². The Balaban J connectivity index is 1.91. The normalized spacial score (nSPS) is 15.0. The number of carboxylic acids is 1. The summed E-state index contributed by atoms with van der Waals surface area (Å²) in [5, 5.41) is 10.6. The summed E-state index contributed by atoms with van der Waals surface area (Å²) in [6.45, 7) is 1.56. The number of carbonyl (C=O) groups excluding carboxylic acids is 1. The molecule has 2 aromatic rings. The lowest BCUT2D eigenvalue weighted by Gasteiger charge is -2.37. The number of benzene rings is 2. The van der Waals surface area contributed by atoms with E-state index in [1.807, 2.05) is 0 Å². The van der Waals surface area contributed by atoms with E-state index in [9.17, 15) is 14.7 Å². The fraction of sp³-hybridized carbons (Fsp3) is 0.333. The number of hydrogen-bond donors (Lipinski definition) is 1. The second-order valence-electron chi connectivity index (χ2n) is 7.47. The minimum Gasteiger partial charge on any atom is -0.480 e. The highest BCUT2D eigenvalue weighted by atomic mass is 35.5. The van der Waals surface area contributed by atoms with E-state index in [-0.39, 0.29) is 11.9 Å². The number of carboxylic acid groups (broad SMARTS) is 1. The molecule has 0 bridgehead atoms. The number of nitrogens with zero attached hydrogens (tertiary/aromatic N) is 1. The molecule has 1 amide bonds. The maximum absolute atomic E-state index is 13.3. The van der Waals surface area contributed by atoms with Crippen LogP contribution >= 0.6 is 23.2 Å². The van der Waals surface area contributed by atoms with Crippen LogP contribution in [0.4, 0.5) is 0 Å². The Morgan fingerprint density at radius 3 is 2.33 bits per heavy atom. The lowest BCUT2D eigenvalue weighted by atomic mass is 9.92. The lowest BCUT2D eigenvalue weighted by molar-refractivity contribution is -0.142. The number of amides is 1. The molecule has 0 spiro atoms. The highest BCUT2D eigenvalue weighted by Crippen LogP contribution is 2.27. The smallest absolute Gasteiger partial charge is 0.326 e. The van der Waals surface area contributed by atoms with Gasteiger partial charge >= 0.3 is 5.97 Å². The van der Waals surface area contributed by atoms with Gasteiger partial charge in [-0.15, -0.1) is 0 Å². The van der Waals surface area contributed by atoms with Gasteiger partial charge in [0.15, 0.2) is 0 Å². The number of carbonyl (C=O) groups is 2. The van der Waals surface area contributed by atoms with Crippen LogP contribution in [-0.4, -0.2) is 34.0 Å². The number of rotatable bonds is 4. The predicted molar refractivity (Wildman–Crippen MR) is 119 cm³/mol. The molecule has 6 heteroatoms. The molecular formula is C24H23Cl2NO3. The lowest BCUT2D eigenvalue weighted by Crippen LogP contribution is -2.50. The first kappa shape index (κ1) is 22.2. The van der Waals surface area contributed by atoms with Crippen LogP contribution in [0.5, 0.6) is 0 Å². The maximum Gasteiger partial charge on any atom is 0.326 e. The van der Waals surface area contributed by atoms with Gasteiger partial charge < -0.3 is 10.0 Å². The van der Waals surface area contributed by atoms with Crippen molar-refractivity contribution < 1.29 is 14.7 Å².